The van der Waals surface area contributed by atoms with E-state index >= 15 is 0 Å². The van der Waals surface area contributed by atoms with Crippen molar-refractivity contribution in [3.63, 3.8) is 0 Å². The first-order chi connectivity index (χ1) is 9.96. The number of hydrogen-bond donors (Lipinski definition) is 0. The second-order valence-corrected chi connectivity index (χ2v) is 6.59. The molecular formula is C17H22N2OS. The van der Waals surface area contributed by atoms with Crippen LogP contribution in [0.4, 0.5) is 10.8 Å². The molecule has 0 fully saturated rings. The van der Waals surface area contributed by atoms with Gasteiger partial charge in [0.25, 0.3) is 0 Å². The maximum Gasteiger partial charge on any atom is 0.190 e. The molecule has 0 amide bonds. The number of thiazole rings is 1. The van der Waals surface area contributed by atoms with Crippen LogP contribution in [0.5, 0.6) is 0 Å². The molecule has 1 aromatic carbocycles. The molecule has 0 saturated heterocycles. The normalized spacial score (nSPS) is 12.2. The number of hydrogen-bond acceptors (Lipinski definition) is 4. The summed E-state index contributed by atoms with van der Waals surface area (Å²) in [4.78, 5) is 18.8. The molecule has 0 spiro atoms. The number of aryl methyl sites for hydroxylation is 2. The smallest absolute Gasteiger partial charge is 0.190 e. The number of aromatic nitrogens is 1. The first kappa shape index (κ1) is 15.7. The molecule has 0 radical (unpaired) electrons. The summed E-state index contributed by atoms with van der Waals surface area (Å²) in [5.41, 5.74) is 4.48. The van der Waals surface area contributed by atoms with Gasteiger partial charge in [0.1, 0.15) is 0 Å². The number of rotatable bonds is 5. The van der Waals surface area contributed by atoms with E-state index in [0.29, 0.717) is 5.92 Å². The fourth-order valence-electron chi connectivity index (χ4n) is 2.36. The minimum Gasteiger partial charge on any atom is -0.321 e. The van der Waals surface area contributed by atoms with Gasteiger partial charge in [-0.3, -0.25) is 4.79 Å². The Bertz CT molecular complexity index is 628. The molecule has 0 aliphatic rings. The highest BCUT2D eigenvalue weighted by Gasteiger charge is 2.18. The summed E-state index contributed by atoms with van der Waals surface area (Å²) in [7, 11) is 2.00. The largest absolute Gasteiger partial charge is 0.321 e. The predicted molar refractivity (Wildman–Crippen MR) is 90.2 cm³/mol. The molecule has 0 N–H and O–H groups in total. The van der Waals surface area contributed by atoms with Crippen LogP contribution in [0.3, 0.4) is 0 Å². The van der Waals surface area contributed by atoms with Gasteiger partial charge >= 0.3 is 0 Å². The van der Waals surface area contributed by atoms with Crippen molar-refractivity contribution in [1.82, 2.24) is 4.98 Å². The zero-order valence-corrected chi connectivity index (χ0v) is 14.1. The third kappa shape index (κ3) is 3.32. The second kappa shape index (κ2) is 6.39. The number of aldehydes is 1. The van der Waals surface area contributed by atoms with Gasteiger partial charge in [-0.15, -0.1) is 0 Å². The van der Waals surface area contributed by atoms with Crippen LogP contribution in [-0.2, 0) is 0 Å². The van der Waals surface area contributed by atoms with Crippen molar-refractivity contribution in [3.05, 3.63) is 39.9 Å². The maximum atomic E-state index is 11.3. The lowest BCUT2D eigenvalue weighted by Gasteiger charge is -2.17. The molecule has 21 heavy (non-hydrogen) atoms. The summed E-state index contributed by atoms with van der Waals surface area (Å²) in [6.45, 7) is 8.41. The number of carbonyl (C=O) groups excluding carboxylic acids is 1. The molecule has 1 aromatic heterocycles. The summed E-state index contributed by atoms with van der Waals surface area (Å²) in [5, 5.41) is 0.873. The fraction of sp³-hybridized carbons (Fsp3) is 0.412. The van der Waals surface area contributed by atoms with E-state index in [4.69, 9.17) is 4.98 Å². The summed E-state index contributed by atoms with van der Waals surface area (Å²) in [5.74, 6) is 0.308. The van der Waals surface area contributed by atoms with Crippen LogP contribution in [0.15, 0.2) is 18.2 Å². The van der Waals surface area contributed by atoms with Crippen molar-refractivity contribution in [2.45, 2.75) is 40.0 Å². The van der Waals surface area contributed by atoms with Crippen molar-refractivity contribution in [2.24, 2.45) is 0 Å². The lowest BCUT2D eigenvalue weighted by Crippen LogP contribution is -2.10. The van der Waals surface area contributed by atoms with Gasteiger partial charge in [-0.2, -0.15) is 0 Å². The van der Waals surface area contributed by atoms with E-state index in [1.165, 1.54) is 22.5 Å². The molecule has 112 valence electrons. The van der Waals surface area contributed by atoms with E-state index in [1.807, 2.05) is 7.05 Å². The SMILES string of the molecule is CCC(C)c1nc(N(C)c2cc(C)cc(C)c2)sc1C=O. The Morgan fingerprint density at radius 3 is 2.43 bits per heavy atom. The van der Waals surface area contributed by atoms with Crippen LogP contribution in [0.1, 0.15) is 52.7 Å². The Morgan fingerprint density at radius 2 is 1.90 bits per heavy atom. The Balaban J connectivity index is 2.41. The Labute approximate surface area is 130 Å². The molecule has 3 nitrogen and oxygen atoms in total. The molecule has 0 aliphatic carbocycles. The molecule has 0 aliphatic heterocycles. The minimum atomic E-state index is 0.308. The van der Waals surface area contributed by atoms with Crippen LogP contribution < -0.4 is 4.90 Å². The van der Waals surface area contributed by atoms with Crippen molar-refractivity contribution < 1.29 is 4.79 Å². The fourth-order valence-corrected chi connectivity index (χ4v) is 3.34. The molecular weight excluding hydrogens is 280 g/mol. The number of nitrogens with zero attached hydrogens (tertiary/aromatic N) is 2. The summed E-state index contributed by atoms with van der Waals surface area (Å²) < 4.78 is 0. The summed E-state index contributed by atoms with van der Waals surface area (Å²) >= 11 is 1.46. The minimum absolute atomic E-state index is 0.308. The standard InChI is InChI=1S/C17H22N2OS/c1-6-13(4)16-15(10-20)21-17(18-16)19(5)14-8-11(2)7-12(3)9-14/h7-10,13H,6H2,1-5H3. The van der Waals surface area contributed by atoms with Crippen molar-refractivity contribution >= 4 is 28.4 Å². The van der Waals surface area contributed by atoms with Crippen molar-refractivity contribution in [2.75, 3.05) is 11.9 Å². The zero-order valence-electron chi connectivity index (χ0n) is 13.3. The molecule has 2 rings (SSSR count). The van der Waals surface area contributed by atoms with Gasteiger partial charge in [0.15, 0.2) is 11.4 Å². The Morgan fingerprint density at radius 1 is 1.29 bits per heavy atom. The van der Waals surface area contributed by atoms with Crippen LogP contribution >= 0.6 is 11.3 Å². The monoisotopic (exact) mass is 302 g/mol. The van der Waals surface area contributed by atoms with Gasteiger partial charge in [0.2, 0.25) is 0 Å². The van der Waals surface area contributed by atoms with E-state index < -0.39 is 0 Å². The van der Waals surface area contributed by atoms with Gasteiger partial charge in [-0.25, -0.2) is 4.98 Å². The zero-order chi connectivity index (χ0) is 15.6. The topological polar surface area (TPSA) is 33.2 Å². The number of anilines is 2. The van der Waals surface area contributed by atoms with Crippen LogP contribution in [0.25, 0.3) is 0 Å². The Hall–Kier alpha value is -1.68. The van der Waals surface area contributed by atoms with Gasteiger partial charge in [0.05, 0.1) is 10.6 Å². The average molecular weight is 302 g/mol. The molecule has 4 heteroatoms. The highest BCUT2D eigenvalue weighted by molar-refractivity contribution is 7.17. The average Bonchev–Trinajstić information content (AvgIpc) is 2.88. The molecule has 2 aromatic rings. The van der Waals surface area contributed by atoms with Crippen LogP contribution in [-0.4, -0.2) is 18.3 Å². The van der Waals surface area contributed by atoms with Gasteiger partial charge in [-0.1, -0.05) is 31.3 Å². The first-order valence-corrected chi connectivity index (χ1v) is 8.05. The lowest BCUT2D eigenvalue weighted by molar-refractivity contribution is 0.112. The lowest BCUT2D eigenvalue weighted by atomic mass is 10.0. The van der Waals surface area contributed by atoms with Gasteiger partial charge in [0, 0.05) is 12.7 Å². The van der Waals surface area contributed by atoms with Crippen molar-refractivity contribution in [1.29, 1.82) is 0 Å². The molecule has 1 heterocycles. The van der Waals surface area contributed by atoms with E-state index in [0.717, 1.165) is 34.1 Å². The summed E-state index contributed by atoms with van der Waals surface area (Å²) in [6.07, 6.45) is 1.91. The van der Waals surface area contributed by atoms with E-state index in [2.05, 4.69) is 50.8 Å². The molecule has 1 atom stereocenters. The first-order valence-electron chi connectivity index (χ1n) is 7.24. The third-order valence-electron chi connectivity index (χ3n) is 3.74. The van der Waals surface area contributed by atoms with E-state index in [1.54, 1.807) is 0 Å². The maximum absolute atomic E-state index is 11.3. The highest BCUT2D eigenvalue weighted by Crippen LogP contribution is 2.34. The van der Waals surface area contributed by atoms with E-state index in [9.17, 15) is 4.79 Å². The van der Waals surface area contributed by atoms with E-state index in [-0.39, 0.29) is 0 Å². The second-order valence-electron chi connectivity index (χ2n) is 5.58. The molecule has 0 saturated carbocycles. The number of carbonyl (C=O) groups is 1. The quantitative estimate of drug-likeness (QED) is 0.740. The summed E-state index contributed by atoms with van der Waals surface area (Å²) in [6, 6.07) is 6.43. The van der Waals surface area contributed by atoms with Gasteiger partial charge < -0.3 is 4.90 Å². The van der Waals surface area contributed by atoms with Crippen LogP contribution in [0, 0.1) is 13.8 Å². The highest BCUT2D eigenvalue weighted by atomic mass is 32.1. The van der Waals surface area contributed by atoms with Crippen molar-refractivity contribution in [3.8, 4) is 0 Å². The predicted octanol–water partition coefficient (Wildman–Crippen LogP) is 4.85. The van der Waals surface area contributed by atoms with Gasteiger partial charge in [-0.05, 0) is 49.4 Å². The number of benzene rings is 1. The Kier molecular flexibility index (Phi) is 4.78. The molecule has 0 bridgehead atoms. The van der Waals surface area contributed by atoms with Crippen LogP contribution in [0.2, 0.25) is 0 Å². The molecule has 1 unspecified atom stereocenters. The third-order valence-corrected chi connectivity index (χ3v) is 4.81.